The first-order valence-corrected chi connectivity index (χ1v) is 5.99. The Balaban J connectivity index is 2.60. The first kappa shape index (κ1) is 12.9. The molecule has 2 aromatic rings. The Morgan fingerprint density at radius 3 is 2.63 bits per heavy atom. The summed E-state index contributed by atoms with van der Waals surface area (Å²) in [7, 11) is 0. The van der Waals surface area contributed by atoms with Gasteiger partial charge in [0.1, 0.15) is 11.5 Å². The molecule has 0 fully saturated rings. The predicted octanol–water partition coefficient (Wildman–Crippen LogP) is 1.11. The highest BCUT2D eigenvalue weighted by atomic mass is 16.2. The van der Waals surface area contributed by atoms with Crippen LogP contribution in [0, 0.1) is 6.92 Å². The van der Waals surface area contributed by atoms with Crippen LogP contribution in [0.4, 0.5) is 17.2 Å². The fourth-order valence-corrected chi connectivity index (χ4v) is 1.96. The van der Waals surface area contributed by atoms with E-state index in [9.17, 15) is 9.59 Å². The number of aromatic amines is 2. The summed E-state index contributed by atoms with van der Waals surface area (Å²) in [5, 5.41) is 0. The molecule has 6 nitrogen and oxygen atoms in total. The largest absolute Gasteiger partial charge is 0.391 e. The van der Waals surface area contributed by atoms with Crippen LogP contribution >= 0.6 is 0 Å². The van der Waals surface area contributed by atoms with Gasteiger partial charge in [-0.05, 0) is 31.5 Å². The van der Waals surface area contributed by atoms with Crippen molar-refractivity contribution < 1.29 is 0 Å². The maximum atomic E-state index is 11.6. The van der Waals surface area contributed by atoms with Gasteiger partial charge in [0.25, 0.3) is 5.56 Å². The molecule has 0 unspecified atom stereocenters. The minimum atomic E-state index is -0.579. The van der Waals surface area contributed by atoms with Gasteiger partial charge in [-0.25, -0.2) is 4.79 Å². The summed E-state index contributed by atoms with van der Waals surface area (Å²) in [6.07, 6.45) is 0. The maximum absolute atomic E-state index is 11.6. The van der Waals surface area contributed by atoms with Crippen LogP contribution in [0.2, 0.25) is 0 Å². The number of anilines is 3. The molecule has 1 aromatic carbocycles. The standard InChI is InChI=1S/C13H16N4O2/c1-3-17(9-6-4-5-8(2)7-9)11-10(14)12(18)16-13(19)15-11/h4-7H,3,14H2,1-2H3,(H2,15,16,18,19). The molecule has 2 rings (SSSR count). The van der Waals surface area contributed by atoms with Crippen LogP contribution in [0.3, 0.4) is 0 Å². The van der Waals surface area contributed by atoms with E-state index in [4.69, 9.17) is 5.73 Å². The fraction of sp³-hybridized carbons (Fsp3) is 0.231. The number of rotatable bonds is 3. The number of aryl methyl sites for hydroxylation is 1. The van der Waals surface area contributed by atoms with E-state index in [1.54, 1.807) is 4.90 Å². The van der Waals surface area contributed by atoms with Crippen molar-refractivity contribution in [1.29, 1.82) is 0 Å². The Kier molecular flexibility index (Phi) is 3.41. The average molecular weight is 260 g/mol. The molecule has 0 aliphatic rings. The molecule has 6 heteroatoms. The zero-order valence-corrected chi connectivity index (χ0v) is 10.9. The van der Waals surface area contributed by atoms with Gasteiger partial charge in [0, 0.05) is 12.2 Å². The van der Waals surface area contributed by atoms with Crippen molar-refractivity contribution in [2.24, 2.45) is 0 Å². The molecular weight excluding hydrogens is 244 g/mol. The molecule has 100 valence electrons. The second-order valence-corrected chi connectivity index (χ2v) is 4.25. The Morgan fingerprint density at radius 1 is 1.26 bits per heavy atom. The van der Waals surface area contributed by atoms with Crippen LogP contribution in [0.1, 0.15) is 12.5 Å². The first-order valence-electron chi connectivity index (χ1n) is 5.99. The summed E-state index contributed by atoms with van der Waals surface area (Å²) in [5.41, 5.74) is 6.56. The smallest absolute Gasteiger partial charge is 0.327 e. The third kappa shape index (κ3) is 2.52. The molecule has 0 aliphatic heterocycles. The highest BCUT2D eigenvalue weighted by Gasteiger charge is 2.14. The van der Waals surface area contributed by atoms with E-state index in [-0.39, 0.29) is 5.69 Å². The van der Waals surface area contributed by atoms with E-state index in [1.807, 2.05) is 38.1 Å². The predicted molar refractivity (Wildman–Crippen MR) is 76.0 cm³/mol. The number of aromatic nitrogens is 2. The Labute approximate surface area is 109 Å². The Bertz CT molecular complexity index is 702. The van der Waals surface area contributed by atoms with Gasteiger partial charge in [0.2, 0.25) is 0 Å². The van der Waals surface area contributed by atoms with Crippen molar-refractivity contribution in [2.45, 2.75) is 13.8 Å². The molecule has 1 heterocycles. The topological polar surface area (TPSA) is 95.0 Å². The summed E-state index contributed by atoms with van der Waals surface area (Å²) < 4.78 is 0. The zero-order chi connectivity index (χ0) is 14.0. The van der Waals surface area contributed by atoms with Crippen molar-refractivity contribution in [2.75, 3.05) is 17.2 Å². The molecule has 0 spiro atoms. The van der Waals surface area contributed by atoms with E-state index >= 15 is 0 Å². The molecule has 0 bridgehead atoms. The lowest BCUT2D eigenvalue weighted by Gasteiger charge is -2.23. The van der Waals surface area contributed by atoms with E-state index in [0.29, 0.717) is 12.4 Å². The SMILES string of the molecule is CCN(c1cccc(C)c1)c1[nH]c(=O)[nH]c(=O)c1N. The van der Waals surface area contributed by atoms with Crippen LogP contribution in [-0.4, -0.2) is 16.5 Å². The third-order valence-corrected chi connectivity index (χ3v) is 2.86. The van der Waals surface area contributed by atoms with Gasteiger partial charge in [0.05, 0.1) is 0 Å². The van der Waals surface area contributed by atoms with Crippen LogP contribution in [0.25, 0.3) is 0 Å². The van der Waals surface area contributed by atoms with Gasteiger partial charge < -0.3 is 10.6 Å². The molecule has 0 atom stereocenters. The van der Waals surface area contributed by atoms with Crippen molar-refractivity contribution >= 4 is 17.2 Å². The summed E-state index contributed by atoms with van der Waals surface area (Å²) in [4.78, 5) is 29.4. The lowest BCUT2D eigenvalue weighted by atomic mass is 10.2. The van der Waals surface area contributed by atoms with Crippen molar-refractivity contribution in [3.8, 4) is 0 Å². The number of nitrogens with two attached hydrogens (primary N) is 1. The van der Waals surface area contributed by atoms with Crippen LogP contribution < -0.4 is 21.9 Å². The molecule has 19 heavy (non-hydrogen) atoms. The summed E-state index contributed by atoms with van der Waals surface area (Å²) in [6.45, 7) is 4.47. The molecular formula is C13H16N4O2. The Hall–Kier alpha value is -2.50. The number of benzene rings is 1. The summed E-state index contributed by atoms with van der Waals surface area (Å²) >= 11 is 0. The highest BCUT2D eigenvalue weighted by molar-refractivity contribution is 5.70. The lowest BCUT2D eigenvalue weighted by Crippen LogP contribution is -2.30. The Morgan fingerprint density at radius 2 is 2.00 bits per heavy atom. The first-order chi connectivity index (χ1) is 9.02. The van der Waals surface area contributed by atoms with Gasteiger partial charge in [-0.15, -0.1) is 0 Å². The number of H-pyrrole nitrogens is 2. The van der Waals surface area contributed by atoms with E-state index < -0.39 is 11.2 Å². The van der Waals surface area contributed by atoms with Crippen molar-refractivity contribution in [3.63, 3.8) is 0 Å². The number of nitrogens with zero attached hydrogens (tertiary/aromatic N) is 1. The van der Waals surface area contributed by atoms with Crippen molar-refractivity contribution in [3.05, 3.63) is 50.7 Å². The molecule has 0 saturated heterocycles. The summed E-state index contributed by atoms with van der Waals surface area (Å²) in [5.74, 6) is 0.321. The molecule has 0 saturated carbocycles. The maximum Gasteiger partial charge on any atom is 0.327 e. The second kappa shape index (κ2) is 5.01. The van der Waals surface area contributed by atoms with Crippen LogP contribution in [-0.2, 0) is 0 Å². The van der Waals surface area contributed by atoms with E-state index in [1.165, 1.54) is 0 Å². The molecule has 0 radical (unpaired) electrons. The van der Waals surface area contributed by atoms with E-state index in [2.05, 4.69) is 9.97 Å². The second-order valence-electron chi connectivity index (χ2n) is 4.25. The number of nitrogen functional groups attached to an aromatic ring is 1. The number of hydrogen-bond donors (Lipinski definition) is 3. The van der Waals surface area contributed by atoms with Gasteiger partial charge in [-0.2, -0.15) is 0 Å². The fourth-order valence-electron chi connectivity index (χ4n) is 1.96. The number of nitrogens with one attached hydrogen (secondary N) is 2. The minimum absolute atomic E-state index is 0.00274. The molecule has 0 aliphatic carbocycles. The van der Waals surface area contributed by atoms with E-state index in [0.717, 1.165) is 11.3 Å². The molecule has 4 N–H and O–H groups in total. The highest BCUT2D eigenvalue weighted by Crippen LogP contribution is 2.25. The minimum Gasteiger partial charge on any atom is -0.391 e. The van der Waals surface area contributed by atoms with Crippen LogP contribution in [0.15, 0.2) is 33.9 Å². The third-order valence-electron chi connectivity index (χ3n) is 2.86. The molecule has 0 amide bonds. The zero-order valence-electron chi connectivity index (χ0n) is 10.9. The van der Waals surface area contributed by atoms with Gasteiger partial charge >= 0.3 is 5.69 Å². The van der Waals surface area contributed by atoms with Gasteiger partial charge in [-0.1, -0.05) is 12.1 Å². The van der Waals surface area contributed by atoms with Crippen molar-refractivity contribution in [1.82, 2.24) is 9.97 Å². The summed E-state index contributed by atoms with van der Waals surface area (Å²) in [6, 6.07) is 7.74. The normalized spacial score (nSPS) is 10.4. The molecule has 1 aromatic heterocycles. The van der Waals surface area contributed by atoms with Gasteiger partial charge in [-0.3, -0.25) is 14.8 Å². The lowest BCUT2D eigenvalue weighted by molar-refractivity contribution is 0.946. The number of hydrogen-bond acceptors (Lipinski definition) is 4. The average Bonchev–Trinajstić information content (AvgIpc) is 2.36. The van der Waals surface area contributed by atoms with Gasteiger partial charge in [0.15, 0.2) is 0 Å². The quantitative estimate of drug-likeness (QED) is 0.770. The monoisotopic (exact) mass is 260 g/mol. The van der Waals surface area contributed by atoms with Crippen LogP contribution in [0.5, 0.6) is 0 Å².